The monoisotopic (exact) mass is 670 g/mol. The van der Waals surface area contributed by atoms with Crippen molar-refractivity contribution in [3.8, 4) is 5.75 Å². The molecule has 4 N–H and O–H groups in total. The van der Waals surface area contributed by atoms with Crippen molar-refractivity contribution in [1.82, 2.24) is 14.6 Å². The fourth-order valence-corrected chi connectivity index (χ4v) is 5.70. The van der Waals surface area contributed by atoms with Gasteiger partial charge in [-0.05, 0) is 62.4 Å². The number of carbonyl (C=O) groups is 1. The number of ether oxygens (including phenoxy) is 2. The molecule has 1 aliphatic heterocycles. The maximum absolute atomic E-state index is 13.7. The van der Waals surface area contributed by atoms with Gasteiger partial charge in [-0.3, -0.25) is 13.9 Å². The van der Waals surface area contributed by atoms with Gasteiger partial charge in [0.2, 0.25) is 0 Å². The lowest BCUT2D eigenvalue weighted by atomic mass is 10.0. The first-order valence-electron chi connectivity index (χ1n) is 11.3. The SMILES string of the molecule is CC(C)OC(=O)[C@@H](C)NP(=O)(OC[C@H]1O[C@@H](n2cc(I)c(N)nc2=O)[C@](C)(Cl)[C@@H]1O)Oc1ccccc1. The van der Waals surface area contributed by atoms with Gasteiger partial charge >= 0.3 is 19.4 Å². The molecule has 1 saturated heterocycles. The third-order valence-electron chi connectivity index (χ3n) is 5.34. The Labute approximate surface area is 232 Å². The van der Waals surface area contributed by atoms with Crippen molar-refractivity contribution in [3.63, 3.8) is 0 Å². The molecule has 2 heterocycles. The molecule has 1 aromatic heterocycles. The van der Waals surface area contributed by atoms with Crippen molar-refractivity contribution in [3.05, 3.63) is 50.6 Å². The third-order valence-corrected chi connectivity index (χ3v) is 8.22. The minimum absolute atomic E-state index is 0.0479. The zero-order chi connectivity index (χ0) is 27.5. The minimum Gasteiger partial charge on any atom is -0.462 e. The fourth-order valence-electron chi connectivity index (χ4n) is 3.48. The van der Waals surface area contributed by atoms with Gasteiger partial charge in [0, 0.05) is 6.20 Å². The highest BCUT2D eigenvalue weighted by Crippen LogP contribution is 2.48. The minimum atomic E-state index is -4.21. The number of benzene rings is 1. The summed E-state index contributed by atoms with van der Waals surface area (Å²) in [5.41, 5.74) is 4.98. The molecule has 0 spiro atoms. The number of carbonyl (C=O) groups excluding carboxylic acids is 1. The number of esters is 1. The number of aliphatic hydroxyl groups excluding tert-OH is 1. The van der Waals surface area contributed by atoms with E-state index in [-0.39, 0.29) is 17.7 Å². The lowest BCUT2D eigenvalue weighted by Gasteiger charge is -2.26. The highest BCUT2D eigenvalue weighted by Gasteiger charge is 2.54. The maximum atomic E-state index is 13.7. The van der Waals surface area contributed by atoms with Crippen LogP contribution in [0, 0.1) is 3.57 Å². The van der Waals surface area contributed by atoms with Crippen LogP contribution in [0.25, 0.3) is 0 Å². The van der Waals surface area contributed by atoms with Gasteiger partial charge in [-0.15, -0.1) is 11.6 Å². The Bertz CT molecular complexity index is 1210. The first-order valence-corrected chi connectivity index (χ1v) is 14.3. The lowest BCUT2D eigenvalue weighted by molar-refractivity contribution is -0.149. The molecular weight excluding hydrogens is 642 g/mol. The van der Waals surface area contributed by atoms with Gasteiger partial charge in [-0.1, -0.05) is 18.2 Å². The second-order valence-electron chi connectivity index (χ2n) is 8.82. The van der Waals surface area contributed by atoms with E-state index in [1.165, 1.54) is 20.0 Å². The molecule has 1 unspecified atom stereocenters. The number of nitrogens with two attached hydrogens (primary N) is 1. The Morgan fingerprint density at radius 2 is 2.03 bits per heavy atom. The van der Waals surface area contributed by atoms with E-state index in [0.717, 1.165) is 4.57 Å². The zero-order valence-corrected chi connectivity index (χ0v) is 24.3. The molecule has 2 aromatic rings. The molecule has 0 bridgehead atoms. The Hall–Kier alpha value is -1.74. The first-order chi connectivity index (χ1) is 17.2. The fraction of sp³-hybridized carbons (Fsp3) is 0.500. The molecular formula is C22H29ClIN4O8P. The number of rotatable bonds is 10. The van der Waals surface area contributed by atoms with Gasteiger partial charge in [0.1, 0.15) is 34.7 Å². The molecule has 0 radical (unpaired) electrons. The Morgan fingerprint density at radius 1 is 1.38 bits per heavy atom. The highest BCUT2D eigenvalue weighted by atomic mass is 127. The average molecular weight is 671 g/mol. The van der Waals surface area contributed by atoms with Gasteiger partial charge in [-0.2, -0.15) is 10.1 Å². The summed E-state index contributed by atoms with van der Waals surface area (Å²) in [4.78, 5) is 27.0. The quantitative estimate of drug-likeness (QED) is 0.147. The Morgan fingerprint density at radius 3 is 2.65 bits per heavy atom. The van der Waals surface area contributed by atoms with Crippen LogP contribution >= 0.6 is 41.9 Å². The Balaban J connectivity index is 1.81. The molecule has 0 aliphatic carbocycles. The molecule has 6 atom stereocenters. The second-order valence-corrected chi connectivity index (χ2v) is 12.5. The molecule has 0 saturated carbocycles. The van der Waals surface area contributed by atoms with Crippen molar-refractivity contribution in [2.75, 3.05) is 12.3 Å². The van der Waals surface area contributed by atoms with E-state index in [1.807, 2.05) is 22.6 Å². The molecule has 12 nitrogen and oxygen atoms in total. The van der Waals surface area contributed by atoms with Crippen LogP contribution in [-0.2, 0) is 23.4 Å². The molecule has 204 valence electrons. The van der Waals surface area contributed by atoms with E-state index in [1.54, 1.807) is 44.2 Å². The lowest BCUT2D eigenvalue weighted by Crippen LogP contribution is -2.42. The summed E-state index contributed by atoms with van der Waals surface area (Å²) in [5.74, 6) is -0.401. The number of nitrogen functional groups attached to an aromatic ring is 1. The van der Waals surface area contributed by atoms with Crippen molar-refractivity contribution in [2.24, 2.45) is 0 Å². The van der Waals surface area contributed by atoms with Gasteiger partial charge in [-0.25, -0.2) is 9.36 Å². The Kier molecular flexibility index (Phi) is 9.65. The van der Waals surface area contributed by atoms with Crippen molar-refractivity contribution < 1.29 is 33.0 Å². The number of hydrogen-bond donors (Lipinski definition) is 3. The number of aliphatic hydroxyl groups is 1. The van der Waals surface area contributed by atoms with E-state index in [9.17, 15) is 19.3 Å². The van der Waals surface area contributed by atoms with Crippen LogP contribution in [0.3, 0.4) is 0 Å². The number of nitrogens with zero attached hydrogens (tertiary/aromatic N) is 2. The summed E-state index contributed by atoms with van der Waals surface area (Å²) in [6, 6.07) is 7.15. The van der Waals surface area contributed by atoms with E-state index in [0.29, 0.717) is 3.57 Å². The van der Waals surface area contributed by atoms with E-state index in [2.05, 4.69) is 10.1 Å². The summed E-state index contributed by atoms with van der Waals surface area (Å²) in [7, 11) is -4.21. The number of alkyl halides is 1. The normalized spacial score (nSPS) is 26.0. The summed E-state index contributed by atoms with van der Waals surface area (Å²) in [6.07, 6.45) is -2.59. The zero-order valence-electron chi connectivity index (χ0n) is 20.5. The first kappa shape index (κ1) is 29.8. The smallest absolute Gasteiger partial charge is 0.459 e. The van der Waals surface area contributed by atoms with Crippen molar-refractivity contribution in [1.29, 1.82) is 0 Å². The molecule has 3 rings (SSSR count). The second kappa shape index (κ2) is 12.0. The predicted octanol–water partition coefficient (Wildman–Crippen LogP) is 2.82. The molecule has 15 heteroatoms. The van der Waals surface area contributed by atoms with Gasteiger partial charge < -0.3 is 24.8 Å². The molecule has 1 aromatic carbocycles. The summed E-state index contributed by atoms with van der Waals surface area (Å²) < 4.78 is 37.5. The number of anilines is 1. The predicted molar refractivity (Wildman–Crippen MR) is 144 cm³/mol. The molecule has 1 fully saturated rings. The van der Waals surface area contributed by atoms with Crippen LogP contribution in [0.5, 0.6) is 5.75 Å². The molecule has 37 heavy (non-hydrogen) atoms. The number of para-hydroxylation sites is 1. The van der Waals surface area contributed by atoms with E-state index >= 15 is 0 Å². The topological polar surface area (TPSA) is 164 Å². The largest absolute Gasteiger partial charge is 0.462 e. The van der Waals surface area contributed by atoms with Crippen LogP contribution in [0.15, 0.2) is 41.3 Å². The van der Waals surface area contributed by atoms with Crippen molar-refractivity contribution >= 4 is 53.7 Å². The van der Waals surface area contributed by atoms with E-state index in [4.69, 9.17) is 35.9 Å². The van der Waals surface area contributed by atoms with Crippen LogP contribution in [0.2, 0.25) is 0 Å². The third kappa shape index (κ3) is 7.22. The van der Waals surface area contributed by atoms with Crippen LogP contribution in [0.1, 0.15) is 33.9 Å². The van der Waals surface area contributed by atoms with Crippen molar-refractivity contribution in [2.45, 2.75) is 63.2 Å². The molecule has 0 amide bonds. The highest BCUT2D eigenvalue weighted by molar-refractivity contribution is 14.1. The standard InChI is InChI=1S/C22H29ClIN4O8P/c1-12(2)34-19(30)13(3)27-37(32,36-14-8-6-5-7-9-14)33-11-16-17(29)22(4,23)20(35-16)28-10-15(24)18(25)26-21(28)31/h5-10,12-13,16-17,20,29H,11H2,1-4H3,(H,27,32)(H2,25,26,31)/t13-,16-,17-,20-,22-,37?/m1/s1. The number of aromatic nitrogens is 2. The van der Waals surface area contributed by atoms with E-state index < -0.39 is 55.4 Å². The van der Waals surface area contributed by atoms with Gasteiger partial charge in [0.15, 0.2) is 6.23 Å². The molecule has 1 aliphatic rings. The maximum Gasteiger partial charge on any atom is 0.459 e. The summed E-state index contributed by atoms with van der Waals surface area (Å²) in [6.45, 7) is 5.84. The van der Waals surface area contributed by atoms with Gasteiger partial charge in [0.25, 0.3) is 0 Å². The van der Waals surface area contributed by atoms with Crippen LogP contribution < -0.4 is 21.0 Å². The van der Waals surface area contributed by atoms with Crippen LogP contribution in [0.4, 0.5) is 5.82 Å². The number of hydrogen-bond acceptors (Lipinski definition) is 10. The summed E-state index contributed by atoms with van der Waals surface area (Å²) in [5, 5.41) is 13.5. The van der Waals surface area contributed by atoms with Gasteiger partial charge in [0.05, 0.1) is 16.3 Å². The number of halogens is 2. The summed E-state index contributed by atoms with van der Waals surface area (Å²) >= 11 is 8.51. The average Bonchev–Trinajstić information content (AvgIpc) is 3.03. The van der Waals surface area contributed by atoms with Crippen LogP contribution in [-0.4, -0.2) is 56.5 Å². The number of nitrogens with one attached hydrogen (secondary N) is 1.